The summed E-state index contributed by atoms with van der Waals surface area (Å²) < 4.78 is 6.57. The molecule has 0 aromatic heterocycles. The number of likely N-dealkylation sites (N-methyl/N-ethyl adjacent to an activating group) is 1. The highest BCUT2D eigenvalue weighted by molar-refractivity contribution is 9.10. The summed E-state index contributed by atoms with van der Waals surface area (Å²) in [4.78, 5) is 2.27. The van der Waals surface area contributed by atoms with Gasteiger partial charge in [0.2, 0.25) is 0 Å². The molecule has 0 amide bonds. The molecule has 0 aliphatic rings. The first kappa shape index (κ1) is 17.5. The zero-order valence-corrected chi connectivity index (χ0v) is 14.7. The highest BCUT2D eigenvalue weighted by Crippen LogP contribution is 2.29. The van der Waals surface area contributed by atoms with Gasteiger partial charge in [0.25, 0.3) is 0 Å². The molecule has 1 aromatic carbocycles. The Morgan fingerprint density at radius 2 is 2.10 bits per heavy atom. The van der Waals surface area contributed by atoms with E-state index in [4.69, 9.17) is 4.74 Å². The molecule has 1 rings (SSSR count). The summed E-state index contributed by atoms with van der Waals surface area (Å²) in [5.41, 5.74) is 2.59. The van der Waals surface area contributed by atoms with Crippen LogP contribution in [0.2, 0.25) is 0 Å². The molecule has 0 saturated heterocycles. The van der Waals surface area contributed by atoms with Crippen LogP contribution in [0.15, 0.2) is 22.7 Å². The first-order chi connectivity index (χ1) is 9.60. The van der Waals surface area contributed by atoms with Crippen molar-refractivity contribution in [2.75, 3.05) is 38.3 Å². The summed E-state index contributed by atoms with van der Waals surface area (Å²) >= 11 is 3.57. The number of ether oxygens (including phenoxy) is 1. The van der Waals surface area contributed by atoms with Crippen LogP contribution in [0.1, 0.15) is 38.8 Å². The summed E-state index contributed by atoms with van der Waals surface area (Å²) in [6.07, 6.45) is 1.15. The molecule has 1 N–H and O–H groups in total. The van der Waals surface area contributed by atoms with Crippen LogP contribution in [0.5, 0.6) is 0 Å². The Labute approximate surface area is 131 Å². The van der Waals surface area contributed by atoms with Gasteiger partial charge in [-0.1, -0.05) is 22.9 Å². The number of halogens is 1. The topological polar surface area (TPSA) is 24.5 Å². The monoisotopic (exact) mass is 342 g/mol. The van der Waals surface area contributed by atoms with Gasteiger partial charge in [-0.15, -0.1) is 0 Å². The first-order valence-electron chi connectivity index (χ1n) is 7.41. The molecule has 20 heavy (non-hydrogen) atoms. The smallest absolute Gasteiger partial charge is 0.0641 e. The van der Waals surface area contributed by atoms with Crippen LogP contribution in [-0.2, 0) is 4.74 Å². The lowest BCUT2D eigenvalue weighted by molar-refractivity contribution is 0.154. The van der Waals surface area contributed by atoms with Crippen molar-refractivity contribution in [1.82, 2.24) is 5.32 Å². The van der Waals surface area contributed by atoms with Crippen molar-refractivity contribution >= 4 is 21.6 Å². The molecule has 1 atom stereocenters. The molecule has 0 heterocycles. The second-order valence-corrected chi connectivity index (χ2v) is 5.91. The van der Waals surface area contributed by atoms with Crippen LogP contribution in [0.25, 0.3) is 0 Å². The third-order valence-corrected chi connectivity index (χ3v) is 3.84. The van der Waals surface area contributed by atoms with Gasteiger partial charge in [0.05, 0.1) is 6.61 Å². The Kier molecular flexibility index (Phi) is 8.19. The third-order valence-electron chi connectivity index (χ3n) is 3.34. The largest absolute Gasteiger partial charge is 0.380 e. The van der Waals surface area contributed by atoms with Crippen molar-refractivity contribution in [1.29, 1.82) is 0 Å². The minimum Gasteiger partial charge on any atom is -0.380 e. The van der Waals surface area contributed by atoms with E-state index in [-0.39, 0.29) is 0 Å². The van der Waals surface area contributed by atoms with Crippen LogP contribution in [0, 0.1) is 0 Å². The van der Waals surface area contributed by atoms with E-state index >= 15 is 0 Å². The number of nitrogens with one attached hydrogen (secondary N) is 1. The van der Waals surface area contributed by atoms with Gasteiger partial charge in [-0.2, -0.15) is 0 Å². The summed E-state index contributed by atoms with van der Waals surface area (Å²) in [5, 5.41) is 3.56. The van der Waals surface area contributed by atoms with Crippen molar-refractivity contribution in [2.45, 2.75) is 33.2 Å². The number of nitrogens with zero attached hydrogens (tertiary/aromatic N) is 1. The van der Waals surface area contributed by atoms with E-state index < -0.39 is 0 Å². The second-order valence-electron chi connectivity index (χ2n) is 5.00. The highest BCUT2D eigenvalue weighted by Gasteiger charge is 2.13. The summed E-state index contributed by atoms with van der Waals surface area (Å²) in [6.45, 7) is 9.92. The summed E-state index contributed by atoms with van der Waals surface area (Å²) in [6, 6.07) is 6.83. The Morgan fingerprint density at radius 3 is 2.75 bits per heavy atom. The molecule has 0 radical (unpaired) electrons. The van der Waals surface area contributed by atoms with Crippen molar-refractivity contribution in [3.05, 3.63) is 28.2 Å². The Hall–Kier alpha value is -0.580. The zero-order chi connectivity index (χ0) is 15.0. The third kappa shape index (κ3) is 5.43. The molecule has 0 saturated carbocycles. The molecule has 0 fully saturated rings. The fourth-order valence-corrected chi connectivity index (χ4v) is 2.54. The second kappa shape index (κ2) is 9.37. The predicted molar refractivity (Wildman–Crippen MR) is 90.6 cm³/mol. The van der Waals surface area contributed by atoms with Gasteiger partial charge in [0, 0.05) is 36.4 Å². The van der Waals surface area contributed by atoms with E-state index in [2.05, 4.69) is 65.2 Å². The zero-order valence-electron chi connectivity index (χ0n) is 13.1. The van der Waals surface area contributed by atoms with Gasteiger partial charge in [-0.25, -0.2) is 0 Å². The maximum Gasteiger partial charge on any atom is 0.0641 e. The highest BCUT2D eigenvalue weighted by atomic mass is 79.9. The molecule has 114 valence electrons. The normalized spacial score (nSPS) is 12.4. The van der Waals surface area contributed by atoms with Crippen molar-refractivity contribution < 1.29 is 4.74 Å². The number of hydrogen-bond acceptors (Lipinski definition) is 3. The molecule has 0 spiro atoms. The molecule has 1 aromatic rings. The molecule has 1 unspecified atom stereocenters. The number of benzene rings is 1. The first-order valence-corrected chi connectivity index (χ1v) is 8.21. The van der Waals surface area contributed by atoms with Crippen LogP contribution >= 0.6 is 15.9 Å². The van der Waals surface area contributed by atoms with Crippen LogP contribution in [0.3, 0.4) is 0 Å². The fourth-order valence-electron chi connectivity index (χ4n) is 2.16. The molecule has 0 bridgehead atoms. The Bertz CT molecular complexity index is 398. The maximum absolute atomic E-state index is 5.45. The number of anilines is 1. The van der Waals surface area contributed by atoms with E-state index in [1.54, 1.807) is 0 Å². The van der Waals surface area contributed by atoms with E-state index in [1.165, 1.54) is 11.3 Å². The molecular formula is C16H27BrN2O. The summed E-state index contributed by atoms with van der Waals surface area (Å²) in [7, 11) is 2.12. The molecule has 0 aliphatic carbocycles. The van der Waals surface area contributed by atoms with E-state index in [9.17, 15) is 0 Å². The number of rotatable bonds is 9. The van der Waals surface area contributed by atoms with E-state index in [1.807, 2.05) is 6.92 Å². The van der Waals surface area contributed by atoms with Gasteiger partial charge in [0.15, 0.2) is 0 Å². The average molecular weight is 343 g/mol. The van der Waals surface area contributed by atoms with E-state index in [0.29, 0.717) is 6.04 Å². The molecule has 3 nitrogen and oxygen atoms in total. The van der Waals surface area contributed by atoms with Gasteiger partial charge >= 0.3 is 0 Å². The van der Waals surface area contributed by atoms with Crippen LogP contribution in [-0.4, -0.2) is 33.4 Å². The Morgan fingerprint density at radius 1 is 1.35 bits per heavy atom. The minimum absolute atomic E-state index is 0.344. The molecule has 4 heteroatoms. The lowest BCUT2D eigenvalue weighted by atomic mass is 10.1. The Balaban J connectivity index is 2.83. The quantitative estimate of drug-likeness (QED) is 0.687. The fraction of sp³-hybridized carbons (Fsp3) is 0.625. The molecular weight excluding hydrogens is 316 g/mol. The van der Waals surface area contributed by atoms with Gasteiger partial charge in [0.1, 0.15) is 0 Å². The van der Waals surface area contributed by atoms with Crippen molar-refractivity contribution in [3.8, 4) is 0 Å². The van der Waals surface area contributed by atoms with Gasteiger partial charge < -0.3 is 15.0 Å². The lowest BCUT2D eigenvalue weighted by Gasteiger charge is -2.26. The van der Waals surface area contributed by atoms with Gasteiger partial charge in [-0.3, -0.25) is 0 Å². The number of hydrogen-bond donors (Lipinski definition) is 1. The van der Waals surface area contributed by atoms with Crippen LogP contribution in [0.4, 0.5) is 5.69 Å². The molecule has 0 aliphatic heterocycles. The maximum atomic E-state index is 5.45. The van der Waals surface area contributed by atoms with Gasteiger partial charge in [-0.05, 0) is 50.6 Å². The minimum atomic E-state index is 0.344. The lowest BCUT2D eigenvalue weighted by Crippen LogP contribution is -2.26. The van der Waals surface area contributed by atoms with E-state index in [0.717, 1.165) is 37.2 Å². The van der Waals surface area contributed by atoms with Crippen molar-refractivity contribution in [3.63, 3.8) is 0 Å². The standard InChI is InChI=1S/C16H27BrN2O/c1-5-9-18-13(3)15-12-14(17)7-8-16(15)19(4)10-11-20-6-2/h7-8,12-13,18H,5-6,9-11H2,1-4H3. The average Bonchev–Trinajstić information content (AvgIpc) is 2.44. The van der Waals surface area contributed by atoms with Crippen LogP contribution < -0.4 is 10.2 Å². The SMILES string of the molecule is CCCNC(C)c1cc(Br)ccc1N(C)CCOCC. The summed E-state index contributed by atoms with van der Waals surface area (Å²) in [5.74, 6) is 0. The van der Waals surface area contributed by atoms with Crippen molar-refractivity contribution in [2.24, 2.45) is 0 Å². The predicted octanol–water partition coefficient (Wildman–Crippen LogP) is 3.98.